The number of nitrogens with zero attached hydrogens (tertiary/aromatic N) is 7. The van der Waals surface area contributed by atoms with Crippen molar-refractivity contribution in [3.8, 4) is 0 Å². The van der Waals surface area contributed by atoms with Crippen molar-refractivity contribution in [2.45, 2.75) is 47.5 Å². The van der Waals surface area contributed by atoms with Crippen molar-refractivity contribution in [2.75, 3.05) is 24.7 Å². The molecule has 7 N–H and O–H groups in total. The molecule has 7 heterocycles. The van der Waals surface area contributed by atoms with Gasteiger partial charge in [0.1, 0.15) is 29.9 Å². The monoisotopic (exact) mass is 726 g/mol. The topological polar surface area (TPSA) is 246 Å². The molecule has 0 aliphatic carbocycles. The summed E-state index contributed by atoms with van der Waals surface area (Å²) in [5, 5.41) is 5.73. The summed E-state index contributed by atoms with van der Waals surface area (Å²) in [5.74, 6) is -0.212. The van der Waals surface area contributed by atoms with Crippen molar-refractivity contribution < 1.29 is 41.4 Å². The molecule has 45 heavy (non-hydrogen) atoms. The first-order chi connectivity index (χ1) is 21.3. The number of anilines is 2. The molecule has 0 amide bonds. The maximum atomic E-state index is 16.0. The van der Waals surface area contributed by atoms with Gasteiger partial charge in [0.25, 0.3) is 5.56 Å². The summed E-state index contributed by atoms with van der Waals surface area (Å²) in [7, 11) is 0. The number of alkyl halides is 2. The van der Waals surface area contributed by atoms with Gasteiger partial charge in [-0.15, -0.1) is 16.9 Å². The quantitative estimate of drug-likeness (QED) is 0.177. The van der Waals surface area contributed by atoms with E-state index in [1.807, 2.05) is 0 Å². The molecular formula is C20H22F2N10O8P2S3. The first-order valence-corrected chi connectivity index (χ1v) is 19.0. The third kappa shape index (κ3) is 5.68. The molecule has 0 saturated carbocycles. The number of imidazole rings is 1. The molecule has 25 heteroatoms. The second kappa shape index (κ2) is 11.5. The van der Waals surface area contributed by atoms with E-state index < -0.39 is 79.7 Å². The fourth-order valence-corrected chi connectivity index (χ4v) is 9.69. The summed E-state index contributed by atoms with van der Waals surface area (Å²) in [6.45, 7) is -9.71. The van der Waals surface area contributed by atoms with Gasteiger partial charge in [-0.1, -0.05) is 5.21 Å². The lowest BCUT2D eigenvalue weighted by Gasteiger charge is -2.27. The number of nitrogen functional groups attached to an aromatic ring is 2. The molecule has 4 aromatic rings. The molecule has 10 atom stereocenters. The predicted octanol–water partition coefficient (Wildman–Crippen LogP) is 0.562. The van der Waals surface area contributed by atoms with Gasteiger partial charge in [-0.3, -0.25) is 23.4 Å². The molecule has 3 aliphatic heterocycles. The molecule has 3 saturated heterocycles. The summed E-state index contributed by atoms with van der Waals surface area (Å²) >= 11 is 11.3. The van der Waals surface area contributed by atoms with Gasteiger partial charge < -0.3 is 35.0 Å². The number of hydrogen-bond acceptors (Lipinski definition) is 16. The predicted molar refractivity (Wildman–Crippen MR) is 161 cm³/mol. The van der Waals surface area contributed by atoms with Gasteiger partial charge in [-0.25, -0.2) is 18.7 Å². The number of fused-ring (bicyclic) bond motifs is 5. The number of nitrogens with two attached hydrogens (primary N) is 2. The molecule has 0 radical (unpaired) electrons. The number of halogens is 2. The number of nitrogens with one attached hydrogen (secondary N) is 1. The SMILES string of the molecule is Nc1nc2c(ncn2[C@@H]2S[C@@H]3COP(O)(=S)O[C@H]4[C@H](F)[C@H](n5nnc6c(N)ccnc65)O[C@@H]4COP(O)(=S)O[C@@H]2[C@H]3F)c(=O)[nH]1. The second-order valence-corrected chi connectivity index (χ2v) is 17.0. The van der Waals surface area contributed by atoms with Crippen LogP contribution in [0.3, 0.4) is 0 Å². The summed E-state index contributed by atoms with van der Waals surface area (Å²) < 4.78 is 62.4. The second-order valence-electron chi connectivity index (χ2n) is 10.1. The average Bonchev–Trinajstić information content (AvgIpc) is 3.72. The number of H-pyrrole nitrogens is 1. The Balaban J connectivity index is 1.21. The number of rotatable bonds is 2. The number of ether oxygens (including phenoxy) is 1. The summed E-state index contributed by atoms with van der Waals surface area (Å²) in [5.41, 5.74) is 11.5. The summed E-state index contributed by atoms with van der Waals surface area (Å²) in [6, 6.07) is 1.49. The average molecular weight is 727 g/mol. The molecule has 2 bridgehead atoms. The zero-order valence-electron chi connectivity index (χ0n) is 22.3. The van der Waals surface area contributed by atoms with Crippen LogP contribution in [-0.2, 0) is 46.4 Å². The van der Waals surface area contributed by atoms with E-state index in [1.54, 1.807) is 0 Å². The van der Waals surface area contributed by atoms with Crippen LogP contribution < -0.4 is 17.0 Å². The van der Waals surface area contributed by atoms with E-state index >= 15 is 8.78 Å². The van der Waals surface area contributed by atoms with Gasteiger partial charge >= 0.3 is 13.4 Å². The number of aromatic amines is 1. The van der Waals surface area contributed by atoms with Gasteiger partial charge in [0.05, 0.1) is 30.5 Å². The van der Waals surface area contributed by atoms with Crippen LogP contribution in [0.5, 0.6) is 0 Å². The molecule has 2 unspecified atom stereocenters. The third-order valence-electron chi connectivity index (χ3n) is 7.21. The van der Waals surface area contributed by atoms with E-state index in [-0.39, 0.29) is 34.0 Å². The molecule has 242 valence electrons. The molecule has 4 aromatic heterocycles. The molecule has 3 aliphatic rings. The van der Waals surface area contributed by atoms with Crippen LogP contribution in [0.25, 0.3) is 22.3 Å². The highest BCUT2D eigenvalue weighted by atomic mass is 32.5. The van der Waals surface area contributed by atoms with Gasteiger partial charge in [0.2, 0.25) is 5.95 Å². The highest BCUT2D eigenvalue weighted by Crippen LogP contribution is 2.57. The Labute approximate surface area is 264 Å². The van der Waals surface area contributed by atoms with Gasteiger partial charge in [-0.2, -0.15) is 9.67 Å². The minimum atomic E-state index is -4.29. The van der Waals surface area contributed by atoms with Crippen LogP contribution >= 0.6 is 25.2 Å². The van der Waals surface area contributed by atoms with E-state index in [9.17, 15) is 14.6 Å². The highest BCUT2D eigenvalue weighted by molar-refractivity contribution is 8.07. The minimum Gasteiger partial charge on any atom is -0.397 e. The first-order valence-electron chi connectivity index (χ1n) is 12.9. The van der Waals surface area contributed by atoms with Crippen LogP contribution in [-0.4, -0.2) is 98.4 Å². The van der Waals surface area contributed by atoms with Crippen LogP contribution in [0.15, 0.2) is 23.4 Å². The first kappa shape index (κ1) is 31.3. The number of pyridine rings is 1. The van der Waals surface area contributed by atoms with E-state index in [1.165, 1.54) is 23.2 Å². The lowest BCUT2D eigenvalue weighted by atomic mass is 10.1. The molecular weight excluding hydrogens is 704 g/mol. The lowest BCUT2D eigenvalue weighted by molar-refractivity contribution is -0.0493. The maximum absolute atomic E-state index is 16.0. The Morgan fingerprint density at radius 3 is 2.56 bits per heavy atom. The number of thioether (sulfide) groups is 1. The fourth-order valence-electron chi connectivity index (χ4n) is 5.18. The van der Waals surface area contributed by atoms with Crippen molar-refractivity contribution in [1.82, 2.24) is 39.5 Å². The third-order valence-corrected chi connectivity index (χ3v) is 11.8. The van der Waals surface area contributed by atoms with Crippen molar-refractivity contribution in [3.63, 3.8) is 0 Å². The highest BCUT2D eigenvalue weighted by Gasteiger charge is 2.53. The van der Waals surface area contributed by atoms with Gasteiger partial charge in [0, 0.05) is 6.20 Å². The smallest absolute Gasteiger partial charge is 0.325 e. The van der Waals surface area contributed by atoms with Crippen molar-refractivity contribution >= 4 is 82.8 Å². The Bertz CT molecular complexity index is 1950. The number of aromatic nitrogens is 8. The van der Waals surface area contributed by atoms with Crippen LogP contribution in [0, 0.1) is 0 Å². The zero-order valence-corrected chi connectivity index (χ0v) is 26.5. The van der Waals surface area contributed by atoms with E-state index in [0.29, 0.717) is 0 Å². The number of hydrogen-bond donors (Lipinski definition) is 5. The van der Waals surface area contributed by atoms with E-state index in [4.69, 9.17) is 57.9 Å². The summed E-state index contributed by atoms with van der Waals surface area (Å²) in [6.07, 6.45) is -7.32. The molecule has 7 rings (SSSR count). The van der Waals surface area contributed by atoms with Crippen LogP contribution in [0.2, 0.25) is 0 Å². The molecule has 18 nitrogen and oxygen atoms in total. The zero-order chi connectivity index (χ0) is 31.8. The minimum absolute atomic E-state index is 0.0131. The Kier molecular flexibility index (Phi) is 7.98. The Morgan fingerprint density at radius 1 is 1.04 bits per heavy atom. The largest absolute Gasteiger partial charge is 0.397 e. The van der Waals surface area contributed by atoms with Crippen molar-refractivity contribution in [1.29, 1.82) is 0 Å². The van der Waals surface area contributed by atoms with Gasteiger partial charge in [0.15, 0.2) is 34.7 Å². The fraction of sp³-hybridized carbons (Fsp3) is 0.500. The van der Waals surface area contributed by atoms with Crippen molar-refractivity contribution in [3.05, 3.63) is 28.9 Å². The lowest BCUT2D eigenvalue weighted by Crippen LogP contribution is -2.34. The Morgan fingerprint density at radius 2 is 1.78 bits per heavy atom. The molecule has 0 aromatic carbocycles. The summed E-state index contributed by atoms with van der Waals surface area (Å²) in [4.78, 5) is 48.9. The normalized spacial score (nSPS) is 37.7. The van der Waals surface area contributed by atoms with E-state index in [0.717, 1.165) is 16.4 Å². The van der Waals surface area contributed by atoms with Crippen LogP contribution in [0.1, 0.15) is 11.6 Å². The standard InChI is InChI=1S/C20H22F2N10O8P2S3/c21-9-8-4-37-42(35,44)39-13-7(38-18(10(13)22)32-15-11(29-30-32)6(23)1-2-25-15)3-36-41(34,43)40-14(9)19(45-8)31-5-26-12-16(31)27-20(24)28-17(12)33/h1-2,5,7-10,13-14,18-19H,3-4H2,(H2,23,25)(H,34,43)(H,35,44)(H3,24,27,28,33)/t7-,8-,9+,10+,13-,14-,18-,19-,41?,42?/m1/s1. The van der Waals surface area contributed by atoms with Gasteiger partial charge in [-0.05, 0) is 29.7 Å². The molecule has 3 fully saturated rings. The molecule has 0 spiro atoms. The maximum Gasteiger partial charge on any atom is 0.325 e. The Hall–Kier alpha value is -2.27. The van der Waals surface area contributed by atoms with E-state index in [2.05, 4.69) is 30.2 Å². The van der Waals surface area contributed by atoms with Crippen LogP contribution in [0.4, 0.5) is 20.4 Å². The van der Waals surface area contributed by atoms with Crippen molar-refractivity contribution in [2.24, 2.45) is 0 Å².